The molecular formula is C41H79N2O8P. The van der Waals surface area contributed by atoms with Gasteiger partial charge in [-0.3, -0.25) is 29.3 Å². The number of carbonyl (C=O) groups is 2. The summed E-state index contributed by atoms with van der Waals surface area (Å²) in [4.78, 5) is 35.3. The first-order valence-electron chi connectivity index (χ1n) is 21.4. The van der Waals surface area contributed by atoms with E-state index in [-0.39, 0.29) is 38.2 Å². The lowest BCUT2D eigenvalue weighted by Crippen LogP contribution is -2.35. The molecule has 1 heterocycles. The quantitative estimate of drug-likeness (QED) is 0.0242. The third kappa shape index (κ3) is 32.2. The normalized spacial score (nSPS) is 15.3. The van der Waals surface area contributed by atoms with Gasteiger partial charge < -0.3 is 14.4 Å². The lowest BCUT2D eigenvalue weighted by atomic mass is 10.0. The third-order valence-corrected chi connectivity index (χ3v) is 10.5. The van der Waals surface area contributed by atoms with E-state index in [1.165, 1.54) is 109 Å². The minimum absolute atomic E-state index is 0.0537. The average molecular weight is 759 g/mol. The number of ether oxygens (including phenoxy) is 2. The second-order valence-corrected chi connectivity index (χ2v) is 16.1. The average Bonchev–Trinajstić information content (AvgIpc) is 3.66. The van der Waals surface area contributed by atoms with Crippen molar-refractivity contribution in [3.63, 3.8) is 0 Å². The second kappa shape index (κ2) is 35.4. The van der Waals surface area contributed by atoms with Crippen LogP contribution in [-0.2, 0) is 32.7 Å². The van der Waals surface area contributed by atoms with Gasteiger partial charge in [0.2, 0.25) is 0 Å². The highest BCUT2D eigenvalue weighted by molar-refractivity contribution is 7.47. The summed E-state index contributed by atoms with van der Waals surface area (Å²) in [6, 6.07) is 0. The second-order valence-electron chi connectivity index (χ2n) is 14.6. The monoisotopic (exact) mass is 759 g/mol. The molecule has 0 saturated carbocycles. The van der Waals surface area contributed by atoms with Crippen LogP contribution in [-0.4, -0.2) is 62.0 Å². The summed E-state index contributed by atoms with van der Waals surface area (Å²) in [5, 5.41) is 6.20. The van der Waals surface area contributed by atoms with Gasteiger partial charge in [0.05, 0.1) is 19.4 Å². The first-order valence-corrected chi connectivity index (χ1v) is 22.9. The van der Waals surface area contributed by atoms with Gasteiger partial charge in [-0.15, -0.1) is 0 Å². The molecule has 0 aromatic carbocycles. The van der Waals surface area contributed by atoms with Crippen molar-refractivity contribution in [2.24, 2.45) is 0 Å². The first kappa shape index (κ1) is 48.7. The number of hydrogen-bond donors (Lipinski definition) is 3. The number of carbonyl (C=O) groups excluding carboxylic acids is 2. The molecule has 0 aromatic heterocycles. The molecule has 10 nitrogen and oxygen atoms in total. The highest BCUT2D eigenvalue weighted by atomic mass is 31.2. The smallest absolute Gasteiger partial charge is 0.462 e. The number of rotatable bonds is 38. The minimum atomic E-state index is -4.40. The lowest BCUT2D eigenvalue weighted by molar-refractivity contribution is -0.161. The maximum Gasteiger partial charge on any atom is 0.472 e. The standard InChI is InChI=1S/C41H79N2O8P/c1-3-5-7-9-11-13-15-17-18-20-22-24-26-28-30-32-41(45)51-38(36-49-52(46,47)50-37-39-42-33-34-43-39)35-48-40(44)31-29-27-25-23-21-19-16-14-12-10-8-6-4-2/h17-18,38-39,42-43H,3-16,19-37H2,1-2H3,(H,46,47)/b18-17+/t38-/m0/s1. The molecule has 0 bridgehead atoms. The Bertz CT molecular complexity index is 915. The minimum Gasteiger partial charge on any atom is -0.462 e. The molecule has 3 N–H and O–H groups in total. The Kier molecular flexibility index (Phi) is 33.2. The zero-order chi connectivity index (χ0) is 37.8. The van der Waals surface area contributed by atoms with Gasteiger partial charge in [-0.25, -0.2) is 4.57 Å². The van der Waals surface area contributed by atoms with Crippen molar-refractivity contribution in [1.82, 2.24) is 10.6 Å². The van der Waals surface area contributed by atoms with Crippen molar-refractivity contribution in [3.8, 4) is 0 Å². The molecule has 306 valence electrons. The molecule has 1 aliphatic rings. The number of unbranched alkanes of at least 4 members (excludes halogenated alkanes) is 23. The van der Waals surface area contributed by atoms with Crippen LogP contribution < -0.4 is 10.6 Å². The Morgan fingerprint density at radius 1 is 0.615 bits per heavy atom. The van der Waals surface area contributed by atoms with E-state index in [9.17, 15) is 19.0 Å². The zero-order valence-corrected chi connectivity index (χ0v) is 34.3. The van der Waals surface area contributed by atoms with Crippen molar-refractivity contribution in [2.45, 2.75) is 206 Å². The number of hydrogen-bond acceptors (Lipinski definition) is 9. The maximum atomic E-state index is 12.7. The predicted octanol–water partition coefficient (Wildman–Crippen LogP) is 10.6. The summed E-state index contributed by atoms with van der Waals surface area (Å²) in [5.74, 6) is -0.810. The Labute approximate surface area is 318 Å². The van der Waals surface area contributed by atoms with Gasteiger partial charge in [-0.2, -0.15) is 0 Å². The van der Waals surface area contributed by atoms with Gasteiger partial charge in [-0.1, -0.05) is 154 Å². The van der Waals surface area contributed by atoms with Gasteiger partial charge in [0.25, 0.3) is 0 Å². The van der Waals surface area contributed by atoms with Crippen molar-refractivity contribution in [3.05, 3.63) is 12.2 Å². The SMILES string of the molecule is CCCCCCCC/C=C/CCCCCCCC(=O)O[C@@H](COC(=O)CCCCCCCCCCCCCCC)COP(=O)(O)OCC1NCCN1. The maximum absolute atomic E-state index is 12.7. The molecule has 0 aromatic rings. The number of allylic oxidation sites excluding steroid dienone is 2. The van der Waals surface area contributed by atoms with E-state index >= 15 is 0 Å². The Hall–Kier alpha value is -1.29. The predicted molar refractivity (Wildman–Crippen MR) is 212 cm³/mol. The summed E-state index contributed by atoms with van der Waals surface area (Å²) in [6.07, 6.45) is 35.0. The van der Waals surface area contributed by atoms with Crippen LogP contribution in [0.4, 0.5) is 0 Å². The third-order valence-electron chi connectivity index (χ3n) is 9.59. The fourth-order valence-electron chi connectivity index (χ4n) is 6.31. The van der Waals surface area contributed by atoms with Crippen LogP contribution >= 0.6 is 7.82 Å². The topological polar surface area (TPSA) is 132 Å². The zero-order valence-electron chi connectivity index (χ0n) is 33.4. The van der Waals surface area contributed by atoms with E-state index in [1.807, 2.05) is 0 Å². The van der Waals surface area contributed by atoms with Gasteiger partial charge in [-0.05, 0) is 38.5 Å². The van der Waals surface area contributed by atoms with Crippen LogP contribution in [0.5, 0.6) is 0 Å². The fourth-order valence-corrected chi connectivity index (χ4v) is 7.08. The molecule has 0 spiro atoms. The van der Waals surface area contributed by atoms with Gasteiger partial charge >= 0.3 is 19.8 Å². The number of phosphoric ester groups is 1. The van der Waals surface area contributed by atoms with Crippen LogP contribution in [0.2, 0.25) is 0 Å². The molecule has 0 radical (unpaired) electrons. The van der Waals surface area contributed by atoms with Crippen LogP contribution in [0.1, 0.15) is 194 Å². The van der Waals surface area contributed by atoms with Crippen molar-refractivity contribution >= 4 is 19.8 Å². The molecule has 1 rings (SSSR count). The molecule has 1 unspecified atom stereocenters. The molecule has 1 saturated heterocycles. The fraction of sp³-hybridized carbons (Fsp3) is 0.902. The number of esters is 2. The van der Waals surface area contributed by atoms with Crippen LogP contribution in [0.3, 0.4) is 0 Å². The van der Waals surface area contributed by atoms with Crippen molar-refractivity contribution in [1.29, 1.82) is 0 Å². The molecule has 52 heavy (non-hydrogen) atoms. The molecular weight excluding hydrogens is 679 g/mol. The molecule has 2 atom stereocenters. The van der Waals surface area contributed by atoms with E-state index < -0.39 is 26.5 Å². The molecule has 1 fully saturated rings. The largest absolute Gasteiger partial charge is 0.472 e. The van der Waals surface area contributed by atoms with E-state index in [2.05, 4.69) is 36.6 Å². The summed E-state index contributed by atoms with van der Waals surface area (Å²) in [5.41, 5.74) is 0. The molecule has 0 amide bonds. The highest BCUT2D eigenvalue weighted by Crippen LogP contribution is 2.43. The molecule has 11 heteroatoms. The Balaban J connectivity index is 2.27. The van der Waals surface area contributed by atoms with E-state index in [0.717, 1.165) is 64.5 Å². The summed E-state index contributed by atoms with van der Waals surface area (Å²) in [6.45, 7) is 5.28. The summed E-state index contributed by atoms with van der Waals surface area (Å²) < 4.78 is 33.7. The summed E-state index contributed by atoms with van der Waals surface area (Å²) in [7, 11) is -4.40. The first-order chi connectivity index (χ1) is 25.4. The van der Waals surface area contributed by atoms with E-state index in [4.69, 9.17) is 18.5 Å². The van der Waals surface area contributed by atoms with E-state index in [0.29, 0.717) is 6.42 Å². The van der Waals surface area contributed by atoms with Gasteiger partial charge in [0.1, 0.15) is 6.61 Å². The Morgan fingerprint density at radius 2 is 1.04 bits per heavy atom. The van der Waals surface area contributed by atoms with Crippen LogP contribution in [0.15, 0.2) is 12.2 Å². The van der Waals surface area contributed by atoms with Gasteiger partial charge in [0.15, 0.2) is 6.10 Å². The van der Waals surface area contributed by atoms with Crippen molar-refractivity contribution in [2.75, 3.05) is 32.9 Å². The lowest BCUT2D eigenvalue weighted by Gasteiger charge is -2.20. The Morgan fingerprint density at radius 3 is 1.52 bits per heavy atom. The van der Waals surface area contributed by atoms with Crippen molar-refractivity contribution < 1.29 is 37.6 Å². The van der Waals surface area contributed by atoms with E-state index in [1.54, 1.807) is 0 Å². The molecule has 0 aliphatic carbocycles. The highest BCUT2D eigenvalue weighted by Gasteiger charge is 2.28. The van der Waals surface area contributed by atoms with Gasteiger partial charge in [0, 0.05) is 25.9 Å². The van der Waals surface area contributed by atoms with Crippen LogP contribution in [0.25, 0.3) is 0 Å². The molecule has 1 aliphatic heterocycles. The number of phosphoric acid groups is 1. The summed E-state index contributed by atoms with van der Waals surface area (Å²) >= 11 is 0. The van der Waals surface area contributed by atoms with Crippen LogP contribution in [0, 0.1) is 0 Å². The number of nitrogens with one attached hydrogen (secondary N) is 2.